The minimum atomic E-state index is -3.67. The standard InChI is InChI=1S/C18H21ClN2O4S/c1-13(18(22)20-16-6-4-5-14(11-16)12-25-2)21(26(3,23)24)17-9-7-15(19)8-10-17/h4-11,13H,12H2,1-3H3,(H,20,22). The smallest absolute Gasteiger partial charge is 0.247 e. The molecule has 1 unspecified atom stereocenters. The predicted octanol–water partition coefficient (Wildman–Crippen LogP) is 3.28. The Kier molecular flexibility index (Phi) is 6.63. The van der Waals surface area contributed by atoms with Gasteiger partial charge in [-0.15, -0.1) is 0 Å². The number of methoxy groups -OCH3 is 1. The lowest BCUT2D eigenvalue weighted by atomic mass is 10.2. The molecule has 0 saturated heterocycles. The van der Waals surface area contributed by atoms with E-state index in [1.807, 2.05) is 6.07 Å². The van der Waals surface area contributed by atoms with Crippen molar-refractivity contribution in [3.05, 3.63) is 59.1 Å². The van der Waals surface area contributed by atoms with E-state index < -0.39 is 22.0 Å². The molecule has 0 spiro atoms. The first-order valence-corrected chi connectivity index (χ1v) is 10.1. The Bertz CT molecular complexity index is 869. The number of ether oxygens (including phenoxy) is 1. The minimum absolute atomic E-state index is 0.368. The number of sulfonamides is 1. The fraction of sp³-hybridized carbons (Fsp3) is 0.278. The van der Waals surface area contributed by atoms with Gasteiger partial charge in [0, 0.05) is 17.8 Å². The first-order chi connectivity index (χ1) is 12.2. The zero-order valence-corrected chi connectivity index (χ0v) is 16.3. The van der Waals surface area contributed by atoms with Crippen LogP contribution in [0.4, 0.5) is 11.4 Å². The van der Waals surface area contributed by atoms with Gasteiger partial charge in [0.25, 0.3) is 0 Å². The SMILES string of the molecule is COCc1cccc(NC(=O)C(C)N(c2ccc(Cl)cc2)S(C)(=O)=O)c1. The Balaban J connectivity index is 2.25. The summed E-state index contributed by atoms with van der Waals surface area (Å²) in [6.07, 6.45) is 1.06. The topological polar surface area (TPSA) is 75.7 Å². The highest BCUT2D eigenvalue weighted by molar-refractivity contribution is 7.92. The van der Waals surface area contributed by atoms with Crippen LogP contribution in [0.15, 0.2) is 48.5 Å². The summed E-state index contributed by atoms with van der Waals surface area (Å²) in [6, 6.07) is 12.5. The van der Waals surface area contributed by atoms with Crippen molar-refractivity contribution in [1.29, 1.82) is 0 Å². The van der Waals surface area contributed by atoms with Gasteiger partial charge in [0.05, 0.1) is 18.6 Å². The van der Waals surface area contributed by atoms with Crippen LogP contribution in [0.2, 0.25) is 5.02 Å². The van der Waals surface area contributed by atoms with Crippen molar-refractivity contribution in [1.82, 2.24) is 0 Å². The monoisotopic (exact) mass is 396 g/mol. The zero-order valence-electron chi connectivity index (χ0n) is 14.8. The van der Waals surface area contributed by atoms with Crippen LogP contribution in [0, 0.1) is 0 Å². The van der Waals surface area contributed by atoms with Gasteiger partial charge < -0.3 is 10.1 Å². The summed E-state index contributed by atoms with van der Waals surface area (Å²) >= 11 is 5.86. The molecule has 1 amide bonds. The molecule has 8 heteroatoms. The third-order valence-electron chi connectivity index (χ3n) is 3.68. The molecule has 0 aromatic heterocycles. The maximum absolute atomic E-state index is 12.6. The summed E-state index contributed by atoms with van der Waals surface area (Å²) in [7, 11) is -2.09. The van der Waals surface area contributed by atoms with Gasteiger partial charge in [-0.2, -0.15) is 0 Å². The number of halogens is 1. The maximum atomic E-state index is 12.6. The molecule has 0 radical (unpaired) electrons. The third kappa shape index (κ3) is 5.20. The van der Waals surface area contributed by atoms with Crippen molar-refractivity contribution in [2.75, 3.05) is 23.0 Å². The summed E-state index contributed by atoms with van der Waals surface area (Å²) in [5.41, 5.74) is 1.84. The van der Waals surface area contributed by atoms with Crippen LogP contribution >= 0.6 is 11.6 Å². The first kappa shape index (κ1) is 20.2. The largest absolute Gasteiger partial charge is 0.380 e. The number of benzene rings is 2. The molecule has 1 atom stereocenters. The highest BCUT2D eigenvalue weighted by atomic mass is 35.5. The number of anilines is 2. The van der Waals surface area contributed by atoms with Crippen molar-refractivity contribution in [3.8, 4) is 0 Å². The van der Waals surface area contributed by atoms with Crippen molar-refractivity contribution in [2.24, 2.45) is 0 Å². The second-order valence-corrected chi connectivity index (χ2v) is 8.13. The zero-order chi connectivity index (χ0) is 19.3. The van der Waals surface area contributed by atoms with E-state index in [4.69, 9.17) is 16.3 Å². The first-order valence-electron chi connectivity index (χ1n) is 7.86. The lowest BCUT2D eigenvalue weighted by Gasteiger charge is -2.28. The Morgan fingerprint density at radius 1 is 1.23 bits per heavy atom. The number of carbonyl (C=O) groups is 1. The summed E-state index contributed by atoms with van der Waals surface area (Å²) in [4.78, 5) is 12.6. The van der Waals surface area contributed by atoms with Crippen molar-refractivity contribution >= 4 is 38.9 Å². The quantitative estimate of drug-likeness (QED) is 0.779. The second kappa shape index (κ2) is 8.53. The summed E-state index contributed by atoms with van der Waals surface area (Å²) in [6.45, 7) is 1.95. The molecule has 0 saturated carbocycles. The predicted molar refractivity (Wildman–Crippen MR) is 104 cm³/mol. The van der Waals surface area contributed by atoms with Crippen LogP contribution < -0.4 is 9.62 Å². The Hall–Kier alpha value is -2.09. The average molecular weight is 397 g/mol. The molecule has 0 aliphatic carbocycles. The lowest BCUT2D eigenvalue weighted by Crippen LogP contribution is -2.45. The summed E-state index contributed by atoms with van der Waals surface area (Å²) in [5.74, 6) is -0.444. The molecule has 140 valence electrons. The highest BCUT2D eigenvalue weighted by Gasteiger charge is 2.29. The number of amides is 1. The second-order valence-electron chi connectivity index (χ2n) is 5.83. The summed E-state index contributed by atoms with van der Waals surface area (Å²) < 4.78 is 30.6. The van der Waals surface area contributed by atoms with Gasteiger partial charge >= 0.3 is 0 Å². The van der Waals surface area contributed by atoms with Gasteiger partial charge in [0.1, 0.15) is 6.04 Å². The van der Waals surface area contributed by atoms with Gasteiger partial charge in [0.2, 0.25) is 15.9 Å². The van der Waals surface area contributed by atoms with Crippen molar-refractivity contribution < 1.29 is 17.9 Å². The average Bonchev–Trinajstić information content (AvgIpc) is 2.56. The molecule has 1 N–H and O–H groups in total. The van der Waals surface area contributed by atoms with Gasteiger partial charge in [0.15, 0.2) is 0 Å². The van der Waals surface area contributed by atoms with E-state index in [1.54, 1.807) is 49.6 Å². The van der Waals surface area contributed by atoms with Crippen LogP contribution in [-0.4, -0.2) is 33.7 Å². The van der Waals surface area contributed by atoms with Gasteiger partial charge in [-0.1, -0.05) is 23.7 Å². The number of hydrogen-bond donors (Lipinski definition) is 1. The number of hydrogen-bond acceptors (Lipinski definition) is 4. The number of nitrogens with one attached hydrogen (secondary N) is 1. The normalized spacial score (nSPS) is 12.5. The van der Waals surface area contributed by atoms with Crippen molar-refractivity contribution in [3.63, 3.8) is 0 Å². The molecule has 6 nitrogen and oxygen atoms in total. The van der Waals surface area contributed by atoms with E-state index in [9.17, 15) is 13.2 Å². The molecular weight excluding hydrogens is 376 g/mol. The molecule has 0 bridgehead atoms. The molecule has 26 heavy (non-hydrogen) atoms. The number of nitrogens with zero attached hydrogens (tertiary/aromatic N) is 1. The Morgan fingerprint density at radius 3 is 2.46 bits per heavy atom. The molecule has 0 aliphatic heterocycles. The van der Waals surface area contributed by atoms with E-state index in [1.165, 1.54) is 6.92 Å². The van der Waals surface area contributed by atoms with E-state index in [0.717, 1.165) is 16.1 Å². The molecular formula is C18H21ClN2O4S. The Morgan fingerprint density at radius 2 is 1.88 bits per heavy atom. The Labute approximate surface area is 158 Å². The van der Waals surface area contributed by atoms with E-state index in [-0.39, 0.29) is 0 Å². The van der Waals surface area contributed by atoms with E-state index in [0.29, 0.717) is 23.0 Å². The van der Waals surface area contributed by atoms with E-state index in [2.05, 4.69) is 5.32 Å². The molecule has 2 aromatic rings. The number of rotatable bonds is 7. The molecule has 2 rings (SSSR count). The van der Waals surface area contributed by atoms with Crippen molar-refractivity contribution in [2.45, 2.75) is 19.6 Å². The molecule has 0 aliphatic rings. The highest BCUT2D eigenvalue weighted by Crippen LogP contribution is 2.23. The molecule has 2 aromatic carbocycles. The third-order valence-corrected chi connectivity index (χ3v) is 5.17. The fourth-order valence-corrected chi connectivity index (χ4v) is 3.85. The van der Waals surface area contributed by atoms with Crippen LogP contribution in [-0.2, 0) is 26.2 Å². The van der Waals surface area contributed by atoms with Crippen LogP contribution in [0.1, 0.15) is 12.5 Å². The van der Waals surface area contributed by atoms with Crippen LogP contribution in [0.3, 0.4) is 0 Å². The summed E-state index contributed by atoms with van der Waals surface area (Å²) in [5, 5.41) is 3.23. The lowest BCUT2D eigenvalue weighted by molar-refractivity contribution is -0.116. The van der Waals surface area contributed by atoms with Gasteiger partial charge in [-0.3, -0.25) is 9.10 Å². The number of carbonyl (C=O) groups excluding carboxylic acids is 1. The molecule has 0 fully saturated rings. The molecule has 0 heterocycles. The van der Waals surface area contributed by atoms with Crippen LogP contribution in [0.5, 0.6) is 0 Å². The van der Waals surface area contributed by atoms with E-state index >= 15 is 0 Å². The van der Waals surface area contributed by atoms with Gasteiger partial charge in [-0.05, 0) is 48.9 Å². The fourth-order valence-electron chi connectivity index (χ4n) is 2.55. The van der Waals surface area contributed by atoms with Crippen LogP contribution in [0.25, 0.3) is 0 Å². The van der Waals surface area contributed by atoms with Gasteiger partial charge in [-0.25, -0.2) is 8.42 Å². The minimum Gasteiger partial charge on any atom is -0.380 e. The maximum Gasteiger partial charge on any atom is 0.247 e.